The molecule has 0 saturated carbocycles. The zero-order valence-corrected chi connectivity index (χ0v) is 10.8. The van der Waals surface area contributed by atoms with E-state index < -0.39 is 0 Å². The summed E-state index contributed by atoms with van der Waals surface area (Å²) in [6.45, 7) is 0.473. The second-order valence-electron chi connectivity index (χ2n) is 3.44. The monoisotopic (exact) mass is 298 g/mol. The molecule has 1 N–H and O–H groups in total. The summed E-state index contributed by atoms with van der Waals surface area (Å²) in [6.07, 6.45) is 2.22. The number of nitrogens with zero attached hydrogens (tertiary/aromatic N) is 3. The van der Waals surface area contributed by atoms with Crippen LogP contribution in [0, 0.1) is 0 Å². The largest absolute Gasteiger partial charge is 0.444 e. The molecule has 1 amide bonds. The Hall–Kier alpha value is -1.63. The van der Waals surface area contributed by atoms with Gasteiger partial charge in [0.1, 0.15) is 6.33 Å². The summed E-state index contributed by atoms with van der Waals surface area (Å²) < 4.78 is 7.28. The first-order valence-corrected chi connectivity index (χ1v) is 5.82. The molecule has 2 heterocycles. The number of aryl methyl sites for hydroxylation is 1. The van der Waals surface area contributed by atoms with Crippen molar-refractivity contribution in [1.29, 1.82) is 0 Å². The fraction of sp³-hybridized carbons (Fsp3) is 0.300. The molecular formula is C10H11BrN4O2. The number of halogens is 1. The molecule has 0 aliphatic rings. The van der Waals surface area contributed by atoms with Crippen LogP contribution < -0.4 is 5.32 Å². The minimum atomic E-state index is -0.244. The van der Waals surface area contributed by atoms with Crippen LogP contribution in [0.3, 0.4) is 0 Å². The Balaban J connectivity index is 1.81. The van der Waals surface area contributed by atoms with Crippen LogP contribution in [0.15, 0.2) is 27.5 Å². The Morgan fingerprint density at radius 3 is 3.00 bits per heavy atom. The Kier molecular flexibility index (Phi) is 3.58. The first kappa shape index (κ1) is 11.8. The molecule has 0 fully saturated rings. The van der Waals surface area contributed by atoms with Crippen LogP contribution in [0.5, 0.6) is 0 Å². The topological polar surface area (TPSA) is 73.0 Å². The molecule has 0 unspecified atom stereocenters. The van der Waals surface area contributed by atoms with Gasteiger partial charge in [0.15, 0.2) is 16.3 Å². The van der Waals surface area contributed by atoms with Crippen molar-refractivity contribution in [3.05, 3.63) is 34.7 Å². The highest BCUT2D eigenvalue weighted by atomic mass is 79.9. The summed E-state index contributed by atoms with van der Waals surface area (Å²) in [5.74, 6) is 0.742. The summed E-state index contributed by atoms with van der Waals surface area (Å²) in [5, 5.41) is 6.83. The van der Waals surface area contributed by atoms with Crippen LogP contribution in [-0.4, -0.2) is 27.2 Å². The van der Waals surface area contributed by atoms with Gasteiger partial charge in [-0.25, -0.2) is 4.98 Å². The van der Waals surface area contributed by atoms with E-state index in [4.69, 9.17) is 4.42 Å². The lowest BCUT2D eigenvalue weighted by atomic mass is 10.3. The van der Waals surface area contributed by atoms with Gasteiger partial charge in [0.25, 0.3) is 5.91 Å². The molecule has 2 rings (SSSR count). The third kappa shape index (κ3) is 3.16. The van der Waals surface area contributed by atoms with Crippen molar-refractivity contribution in [2.24, 2.45) is 7.05 Å². The molecule has 0 aliphatic carbocycles. The van der Waals surface area contributed by atoms with E-state index >= 15 is 0 Å². The van der Waals surface area contributed by atoms with E-state index in [1.807, 2.05) is 0 Å². The summed E-state index contributed by atoms with van der Waals surface area (Å²) in [5.41, 5.74) is 0. The van der Waals surface area contributed by atoms with Gasteiger partial charge >= 0.3 is 0 Å². The maximum atomic E-state index is 11.6. The number of aromatic nitrogens is 3. The van der Waals surface area contributed by atoms with Crippen molar-refractivity contribution in [1.82, 2.24) is 20.1 Å². The van der Waals surface area contributed by atoms with Crippen LogP contribution in [0.4, 0.5) is 0 Å². The first-order chi connectivity index (χ1) is 8.15. The predicted octanol–water partition coefficient (Wildman–Crippen LogP) is 1.14. The third-order valence-electron chi connectivity index (χ3n) is 2.08. The molecule has 0 spiro atoms. The SMILES string of the molecule is Cn1cnc(CCNC(=O)c2ccc(Br)o2)n1. The second kappa shape index (κ2) is 5.13. The molecule has 0 aromatic carbocycles. The van der Waals surface area contributed by atoms with Gasteiger partial charge in [-0.2, -0.15) is 5.10 Å². The number of hydrogen-bond acceptors (Lipinski definition) is 4. The molecule has 7 heteroatoms. The molecule has 2 aromatic rings. The molecular weight excluding hydrogens is 288 g/mol. The number of hydrogen-bond donors (Lipinski definition) is 1. The predicted molar refractivity (Wildman–Crippen MR) is 63.4 cm³/mol. The Bertz CT molecular complexity index is 520. The molecule has 0 bridgehead atoms. The number of amides is 1. The van der Waals surface area contributed by atoms with E-state index in [9.17, 15) is 4.79 Å². The molecule has 2 aromatic heterocycles. The van der Waals surface area contributed by atoms with E-state index in [-0.39, 0.29) is 11.7 Å². The Labute approximate surface area is 106 Å². The number of carbonyl (C=O) groups is 1. The maximum absolute atomic E-state index is 11.6. The van der Waals surface area contributed by atoms with E-state index in [2.05, 4.69) is 31.3 Å². The quantitative estimate of drug-likeness (QED) is 0.919. The van der Waals surface area contributed by atoms with Gasteiger partial charge in [0.05, 0.1) is 0 Å². The standard InChI is InChI=1S/C10H11BrN4O2/c1-15-6-13-9(14-15)4-5-12-10(16)7-2-3-8(11)17-7/h2-3,6H,4-5H2,1H3,(H,12,16). The molecule has 0 aliphatic heterocycles. The van der Waals surface area contributed by atoms with E-state index in [1.165, 1.54) is 0 Å². The second-order valence-corrected chi connectivity index (χ2v) is 4.23. The summed E-state index contributed by atoms with van der Waals surface area (Å²) in [6, 6.07) is 3.29. The highest BCUT2D eigenvalue weighted by molar-refractivity contribution is 9.10. The third-order valence-corrected chi connectivity index (χ3v) is 2.50. The number of rotatable bonds is 4. The van der Waals surface area contributed by atoms with Gasteiger partial charge in [-0.15, -0.1) is 0 Å². The van der Waals surface area contributed by atoms with Crippen LogP contribution in [-0.2, 0) is 13.5 Å². The van der Waals surface area contributed by atoms with Gasteiger partial charge in [-0.1, -0.05) is 0 Å². The van der Waals surface area contributed by atoms with Gasteiger partial charge in [-0.3, -0.25) is 9.48 Å². The maximum Gasteiger partial charge on any atom is 0.287 e. The average Bonchev–Trinajstić information content (AvgIpc) is 2.88. The fourth-order valence-corrected chi connectivity index (χ4v) is 1.62. The normalized spacial score (nSPS) is 10.5. The number of nitrogens with one attached hydrogen (secondary N) is 1. The van der Waals surface area contributed by atoms with Gasteiger partial charge in [0.2, 0.25) is 0 Å². The molecule has 17 heavy (non-hydrogen) atoms. The smallest absolute Gasteiger partial charge is 0.287 e. The van der Waals surface area contributed by atoms with Crippen LogP contribution in [0.2, 0.25) is 0 Å². The van der Waals surface area contributed by atoms with Gasteiger partial charge in [0, 0.05) is 20.0 Å². The lowest BCUT2D eigenvalue weighted by Crippen LogP contribution is -2.25. The molecule has 0 radical (unpaired) electrons. The lowest BCUT2D eigenvalue weighted by molar-refractivity contribution is 0.0925. The summed E-state index contributed by atoms with van der Waals surface area (Å²) >= 11 is 3.14. The number of carbonyl (C=O) groups excluding carboxylic acids is 1. The summed E-state index contributed by atoms with van der Waals surface area (Å²) in [4.78, 5) is 15.6. The summed E-state index contributed by atoms with van der Waals surface area (Å²) in [7, 11) is 1.80. The van der Waals surface area contributed by atoms with E-state index in [0.29, 0.717) is 23.5 Å². The average molecular weight is 299 g/mol. The Morgan fingerprint density at radius 2 is 2.41 bits per heavy atom. The highest BCUT2D eigenvalue weighted by Gasteiger charge is 2.09. The van der Waals surface area contributed by atoms with Crippen LogP contribution in [0.25, 0.3) is 0 Å². The molecule has 6 nitrogen and oxygen atoms in total. The zero-order chi connectivity index (χ0) is 12.3. The van der Waals surface area contributed by atoms with Crippen LogP contribution >= 0.6 is 15.9 Å². The molecule has 0 saturated heterocycles. The zero-order valence-electron chi connectivity index (χ0n) is 9.18. The van der Waals surface area contributed by atoms with Gasteiger partial charge in [-0.05, 0) is 28.1 Å². The fourth-order valence-electron chi connectivity index (χ4n) is 1.31. The molecule has 90 valence electrons. The van der Waals surface area contributed by atoms with Crippen molar-refractivity contribution in [3.8, 4) is 0 Å². The Morgan fingerprint density at radius 1 is 1.59 bits per heavy atom. The van der Waals surface area contributed by atoms with E-state index in [0.717, 1.165) is 0 Å². The minimum absolute atomic E-state index is 0.244. The number of furan rings is 1. The highest BCUT2D eigenvalue weighted by Crippen LogP contribution is 2.13. The van der Waals surface area contributed by atoms with Crippen molar-refractivity contribution in [2.75, 3.05) is 6.54 Å². The first-order valence-electron chi connectivity index (χ1n) is 5.03. The van der Waals surface area contributed by atoms with Crippen molar-refractivity contribution < 1.29 is 9.21 Å². The van der Waals surface area contributed by atoms with E-state index in [1.54, 1.807) is 30.2 Å². The minimum Gasteiger partial charge on any atom is -0.444 e. The van der Waals surface area contributed by atoms with Crippen molar-refractivity contribution >= 4 is 21.8 Å². The molecule has 0 atom stereocenters. The van der Waals surface area contributed by atoms with Crippen molar-refractivity contribution in [3.63, 3.8) is 0 Å². The van der Waals surface area contributed by atoms with Crippen LogP contribution in [0.1, 0.15) is 16.4 Å². The lowest BCUT2D eigenvalue weighted by Gasteiger charge is -2.00. The van der Waals surface area contributed by atoms with Crippen molar-refractivity contribution in [2.45, 2.75) is 6.42 Å². The van der Waals surface area contributed by atoms with Gasteiger partial charge < -0.3 is 9.73 Å².